The molecule has 2 aromatic heterocycles. The Morgan fingerprint density at radius 1 is 1.50 bits per heavy atom. The molecule has 1 amide bonds. The van der Waals surface area contributed by atoms with Gasteiger partial charge in [0.1, 0.15) is 11.5 Å². The highest BCUT2D eigenvalue weighted by Crippen LogP contribution is 2.12. The molecule has 0 aliphatic carbocycles. The molecule has 0 saturated heterocycles. The van der Waals surface area contributed by atoms with Gasteiger partial charge in [0.05, 0.1) is 0 Å². The number of halogens is 1. The maximum absolute atomic E-state index is 11.7. The number of aromatic nitrogens is 2. The number of rotatable bonds is 2. The minimum atomic E-state index is -0.205. The predicted octanol–water partition coefficient (Wildman–Crippen LogP) is 2.73. The van der Waals surface area contributed by atoms with Gasteiger partial charge >= 0.3 is 0 Å². The summed E-state index contributed by atoms with van der Waals surface area (Å²) in [4.78, 5) is 18.6. The fraction of sp³-hybridized carbons (Fsp3) is 0.0909. The molecule has 16 heavy (non-hydrogen) atoms. The summed E-state index contributed by atoms with van der Waals surface area (Å²) in [6, 6.07) is 5.40. The van der Waals surface area contributed by atoms with Gasteiger partial charge in [0.15, 0.2) is 0 Å². The lowest BCUT2D eigenvalue weighted by molar-refractivity contribution is 0.102. The Morgan fingerprint density at radius 2 is 2.31 bits per heavy atom. The summed E-state index contributed by atoms with van der Waals surface area (Å²) in [5.74, 6) is 0.347. The first-order valence-electron chi connectivity index (χ1n) is 4.73. The van der Waals surface area contributed by atoms with E-state index >= 15 is 0 Å². The van der Waals surface area contributed by atoms with Gasteiger partial charge < -0.3 is 10.3 Å². The molecule has 0 atom stereocenters. The molecule has 4 nitrogen and oxygen atoms in total. The second-order valence-corrected chi connectivity index (χ2v) is 4.32. The maximum Gasteiger partial charge on any atom is 0.273 e. The van der Waals surface area contributed by atoms with Crippen LogP contribution < -0.4 is 5.32 Å². The number of nitrogens with one attached hydrogen (secondary N) is 2. The van der Waals surface area contributed by atoms with E-state index in [1.54, 1.807) is 18.5 Å². The number of hydrogen-bond acceptors (Lipinski definition) is 2. The van der Waals surface area contributed by atoms with E-state index in [9.17, 15) is 4.79 Å². The standard InChI is InChI=1S/C11H10BrN3O/c1-7-2-3-13-10(4-7)15-11(16)9-5-8(12)6-14-9/h2-6,14H,1H3,(H,13,15,16). The van der Waals surface area contributed by atoms with Gasteiger partial charge in [-0.1, -0.05) is 0 Å². The van der Waals surface area contributed by atoms with Gasteiger partial charge in [0, 0.05) is 16.9 Å². The van der Waals surface area contributed by atoms with Crippen LogP contribution in [0.4, 0.5) is 5.82 Å². The summed E-state index contributed by atoms with van der Waals surface area (Å²) in [6.45, 7) is 1.95. The molecule has 2 heterocycles. The molecule has 0 aliphatic heterocycles. The minimum Gasteiger partial charge on any atom is -0.356 e. The van der Waals surface area contributed by atoms with Gasteiger partial charge in [-0.25, -0.2) is 4.98 Å². The van der Waals surface area contributed by atoms with Crippen molar-refractivity contribution in [2.45, 2.75) is 6.92 Å². The summed E-state index contributed by atoms with van der Waals surface area (Å²) in [5.41, 5.74) is 1.55. The molecule has 2 aromatic rings. The quantitative estimate of drug-likeness (QED) is 0.888. The molecule has 0 spiro atoms. The van der Waals surface area contributed by atoms with Crippen LogP contribution >= 0.6 is 15.9 Å². The van der Waals surface area contributed by atoms with Gasteiger partial charge in [-0.05, 0) is 46.6 Å². The zero-order chi connectivity index (χ0) is 11.5. The molecule has 2 rings (SSSR count). The number of aromatic amines is 1. The number of carbonyl (C=O) groups excluding carboxylic acids is 1. The molecule has 0 saturated carbocycles. The van der Waals surface area contributed by atoms with Crippen LogP contribution in [0.25, 0.3) is 0 Å². The average molecular weight is 280 g/mol. The van der Waals surface area contributed by atoms with Crippen molar-refractivity contribution in [3.8, 4) is 0 Å². The van der Waals surface area contributed by atoms with Crippen molar-refractivity contribution in [1.82, 2.24) is 9.97 Å². The van der Waals surface area contributed by atoms with E-state index in [-0.39, 0.29) is 5.91 Å². The smallest absolute Gasteiger partial charge is 0.273 e. The van der Waals surface area contributed by atoms with Crippen LogP contribution in [0, 0.1) is 6.92 Å². The number of nitrogens with zero attached hydrogens (tertiary/aromatic N) is 1. The zero-order valence-corrected chi connectivity index (χ0v) is 10.2. The molecule has 0 bridgehead atoms. The average Bonchev–Trinajstić information content (AvgIpc) is 2.65. The third kappa shape index (κ3) is 2.49. The first-order valence-corrected chi connectivity index (χ1v) is 5.52. The molecular weight excluding hydrogens is 270 g/mol. The number of pyridine rings is 1. The fourth-order valence-corrected chi connectivity index (χ4v) is 1.63. The molecule has 82 valence electrons. The van der Waals surface area contributed by atoms with Crippen LogP contribution in [0.15, 0.2) is 35.1 Å². The molecule has 0 unspecified atom stereocenters. The van der Waals surface area contributed by atoms with Crippen molar-refractivity contribution in [2.24, 2.45) is 0 Å². The zero-order valence-electron chi connectivity index (χ0n) is 8.62. The predicted molar refractivity (Wildman–Crippen MR) is 65.4 cm³/mol. The van der Waals surface area contributed by atoms with Crippen LogP contribution in [0.3, 0.4) is 0 Å². The summed E-state index contributed by atoms with van der Waals surface area (Å²) in [6.07, 6.45) is 3.37. The lowest BCUT2D eigenvalue weighted by Gasteiger charge is -2.02. The topological polar surface area (TPSA) is 57.8 Å². The van der Waals surface area contributed by atoms with E-state index in [4.69, 9.17) is 0 Å². The molecule has 5 heteroatoms. The number of anilines is 1. The summed E-state index contributed by atoms with van der Waals surface area (Å²) in [7, 11) is 0. The number of aryl methyl sites for hydroxylation is 1. The van der Waals surface area contributed by atoms with Crippen LogP contribution in [0.2, 0.25) is 0 Å². The van der Waals surface area contributed by atoms with Crippen molar-refractivity contribution in [3.63, 3.8) is 0 Å². The Kier molecular flexibility index (Phi) is 3.05. The van der Waals surface area contributed by atoms with E-state index in [0.29, 0.717) is 11.5 Å². The SMILES string of the molecule is Cc1ccnc(NC(=O)c2cc(Br)c[nH]2)c1. The Bertz CT molecular complexity index is 521. The lowest BCUT2D eigenvalue weighted by Crippen LogP contribution is -2.13. The highest BCUT2D eigenvalue weighted by Gasteiger charge is 2.08. The van der Waals surface area contributed by atoms with Crippen molar-refractivity contribution in [3.05, 3.63) is 46.3 Å². The van der Waals surface area contributed by atoms with Crippen LogP contribution in [-0.4, -0.2) is 15.9 Å². The maximum atomic E-state index is 11.7. The van der Waals surface area contributed by atoms with Crippen LogP contribution in [-0.2, 0) is 0 Å². The largest absolute Gasteiger partial charge is 0.356 e. The van der Waals surface area contributed by atoms with Crippen LogP contribution in [0.5, 0.6) is 0 Å². The van der Waals surface area contributed by atoms with E-state index in [2.05, 4.69) is 31.2 Å². The van der Waals surface area contributed by atoms with Gasteiger partial charge in [-0.3, -0.25) is 4.79 Å². The third-order valence-corrected chi connectivity index (χ3v) is 2.51. The first kappa shape index (κ1) is 10.9. The molecule has 2 N–H and O–H groups in total. The van der Waals surface area contributed by atoms with Gasteiger partial charge in [0.25, 0.3) is 5.91 Å². The summed E-state index contributed by atoms with van der Waals surface area (Å²) < 4.78 is 0.842. The Balaban J connectivity index is 2.13. The highest BCUT2D eigenvalue weighted by molar-refractivity contribution is 9.10. The van der Waals surface area contributed by atoms with E-state index in [1.165, 1.54) is 0 Å². The van der Waals surface area contributed by atoms with E-state index < -0.39 is 0 Å². The summed E-state index contributed by atoms with van der Waals surface area (Å²) >= 11 is 3.27. The molecule has 0 aliphatic rings. The molecule has 0 fully saturated rings. The van der Waals surface area contributed by atoms with E-state index in [1.807, 2.05) is 19.1 Å². The van der Waals surface area contributed by atoms with Crippen molar-refractivity contribution in [2.75, 3.05) is 5.32 Å². The monoisotopic (exact) mass is 279 g/mol. The normalized spacial score (nSPS) is 10.1. The number of H-pyrrole nitrogens is 1. The van der Waals surface area contributed by atoms with Crippen molar-refractivity contribution in [1.29, 1.82) is 0 Å². The Labute approximate surface area is 101 Å². The Morgan fingerprint density at radius 3 is 2.94 bits per heavy atom. The Hall–Kier alpha value is -1.62. The molecule has 0 radical (unpaired) electrons. The molecular formula is C11H10BrN3O. The van der Waals surface area contributed by atoms with Crippen molar-refractivity contribution >= 4 is 27.7 Å². The first-order chi connectivity index (χ1) is 7.65. The van der Waals surface area contributed by atoms with Crippen molar-refractivity contribution < 1.29 is 4.79 Å². The molecule has 0 aromatic carbocycles. The number of amides is 1. The number of carbonyl (C=O) groups is 1. The number of hydrogen-bond donors (Lipinski definition) is 2. The van der Waals surface area contributed by atoms with Crippen LogP contribution in [0.1, 0.15) is 16.1 Å². The second-order valence-electron chi connectivity index (χ2n) is 3.40. The summed E-state index contributed by atoms with van der Waals surface area (Å²) in [5, 5.41) is 2.71. The fourth-order valence-electron chi connectivity index (χ4n) is 1.29. The third-order valence-electron chi connectivity index (χ3n) is 2.05. The van der Waals surface area contributed by atoms with E-state index in [0.717, 1.165) is 10.0 Å². The lowest BCUT2D eigenvalue weighted by atomic mass is 10.3. The van der Waals surface area contributed by atoms with Gasteiger partial charge in [-0.15, -0.1) is 0 Å². The second kappa shape index (κ2) is 4.49. The van der Waals surface area contributed by atoms with Gasteiger partial charge in [0.2, 0.25) is 0 Å². The van der Waals surface area contributed by atoms with Gasteiger partial charge in [-0.2, -0.15) is 0 Å². The minimum absolute atomic E-state index is 0.205. The highest BCUT2D eigenvalue weighted by atomic mass is 79.9.